The van der Waals surface area contributed by atoms with E-state index in [-0.39, 0.29) is 35.5 Å². The Balaban J connectivity index is 4.73. The molecule has 0 radical (unpaired) electrons. The molecule has 0 aliphatic carbocycles. The number of ether oxygens (including phenoxy) is 1. The zero-order chi connectivity index (χ0) is 13.8. The Hall–Kier alpha value is -0.410. The molecule has 2 atom stereocenters. The van der Waals surface area contributed by atoms with Gasteiger partial charge in [0.1, 0.15) is 0 Å². The van der Waals surface area contributed by atoms with Crippen LogP contribution in [0.3, 0.4) is 0 Å². The normalized spacial score (nSPS) is 16.4. The van der Waals surface area contributed by atoms with Crippen LogP contribution in [0.4, 0.5) is 0 Å². The summed E-state index contributed by atoms with van der Waals surface area (Å²) in [7, 11) is 0. The predicted molar refractivity (Wildman–Crippen MR) is 72.2 cm³/mol. The van der Waals surface area contributed by atoms with Gasteiger partial charge in [0, 0.05) is 12.0 Å². The minimum Gasteiger partial charge on any atom is -0.371 e. The number of ketones is 1. The van der Waals surface area contributed by atoms with Crippen molar-refractivity contribution in [2.24, 2.45) is 5.92 Å². The fourth-order valence-electron chi connectivity index (χ4n) is 1.79. The highest BCUT2D eigenvalue weighted by molar-refractivity contribution is 5.86. The van der Waals surface area contributed by atoms with Gasteiger partial charge in [-0.1, -0.05) is 27.7 Å². The molecule has 2 unspecified atom stereocenters. The third kappa shape index (κ3) is 6.79. The standard InChI is InChI=1S/C14H29NO2/c1-9(2)13(16)12(15-10(3)4)11(5)17-14(6,7)8/h9-12,15H,1-8H3. The molecule has 0 aliphatic heterocycles. The molecule has 3 heteroatoms. The summed E-state index contributed by atoms with van der Waals surface area (Å²) >= 11 is 0. The van der Waals surface area contributed by atoms with Gasteiger partial charge in [0.25, 0.3) is 0 Å². The molecule has 0 saturated carbocycles. The van der Waals surface area contributed by atoms with Crippen LogP contribution < -0.4 is 5.32 Å². The number of Topliss-reactive ketones (excluding diaryl/α,β-unsaturated/α-hetero) is 1. The van der Waals surface area contributed by atoms with Gasteiger partial charge in [-0.05, 0) is 27.7 Å². The van der Waals surface area contributed by atoms with Gasteiger partial charge < -0.3 is 10.1 Å². The second-order valence-electron chi connectivity index (χ2n) is 6.29. The number of carbonyl (C=O) groups is 1. The molecule has 1 N–H and O–H groups in total. The first kappa shape index (κ1) is 16.6. The summed E-state index contributed by atoms with van der Waals surface area (Å²) in [5.41, 5.74) is -0.229. The number of rotatable bonds is 6. The smallest absolute Gasteiger partial charge is 0.154 e. The monoisotopic (exact) mass is 243 g/mol. The second-order valence-corrected chi connectivity index (χ2v) is 6.29. The number of hydrogen-bond acceptors (Lipinski definition) is 3. The van der Waals surface area contributed by atoms with E-state index in [1.165, 1.54) is 0 Å². The SMILES string of the molecule is CC(C)NC(C(=O)C(C)C)C(C)OC(C)(C)C. The van der Waals surface area contributed by atoms with E-state index in [1.54, 1.807) is 0 Å². The van der Waals surface area contributed by atoms with E-state index in [2.05, 4.69) is 5.32 Å². The van der Waals surface area contributed by atoms with Gasteiger partial charge in [-0.25, -0.2) is 0 Å². The second kappa shape index (κ2) is 6.50. The molecule has 0 aromatic carbocycles. The lowest BCUT2D eigenvalue weighted by atomic mass is 9.97. The minimum atomic E-state index is -0.229. The van der Waals surface area contributed by atoms with Crippen LogP contribution in [0.2, 0.25) is 0 Å². The molecule has 0 heterocycles. The number of carbonyl (C=O) groups excluding carboxylic acids is 1. The molecule has 0 fully saturated rings. The fraction of sp³-hybridized carbons (Fsp3) is 0.929. The first-order valence-corrected chi connectivity index (χ1v) is 6.52. The maximum absolute atomic E-state index is 12.2. The quantitative estimate of drug-likeness (QED) is 0.779. The first-order chi connectivity index (χ1) is 7.54. The molecule has 102 valence electrons. The van der Waals surface area contributed by atoms with Crippen molar-refractivity contribution >= 4 is 5.78 Å². The summed E-state index contributed by atoms with van der Waals surface area (Å²) in [5.74, 6) is 0.243. The van der Waals surface area contributed by atoms with Crippen LogP contribution in [0.25, 0.3) is 0 Å². The van der Waals surface area contributed by atoms with Crippen LogP contribution >= 0.6 is 0 Å². The van der Waals surface area contributed by atoms with Crippen molar-refractivity contribution in [1.29, 1.82) is 0 Å². The zero-order valence-corrected chi connectivity index (χ0v) is 12.6. The number of nitrogens with one attached hydrogen (secondary N) is 1. The van der Waals surface area contributed by atoms with Crippen LogP contribution in [0, 0.1) is 5.92 Å². The molecular formula is C14H29NO2. The van der Waals surface area contributed by atoms with Crippen molar-refractivity contribution in [2.45, 2.75) is 79.2 Å². The van der Waals surface area contributed by atoms with E-state index in [1.807, 2.05) is 55.4 Å². The van der Waals surface area contributed by atoms with E-state index in [9.17, 15) is 4.79 Å². The van der Waals surface area contributed by atoms with E-state index < -0.39 is 0 Å². The Morgan fingerprint density at radius 2 is 1.53 bits per heavy atom. The van der Waals surface area contributed by atoms with E-state index in [4.69, 9.17) is 4.74 Å². The molecule has 0 rings (SSSR count). The van der Waals surface area contributed by atoms with E-state index in [0.29, 0.717) is 0 Å². The highest BCUT2D eigenvalue weighted by Gasteiger charge is 2.30. The lowest BCUT2D eigenvalue weighted by Crippen LogP contribution is -2.51. The number of hydrogen-bond donors (Lipinski definition) is 1. The van der Waals surface area contributed by atoms with Crippen molar-refractivity contribution in [2.75, 3.05) is 0 Å². The highest BCUT2D eigenvalue weighted by atomic mass is 16.5. The minimum absolute atomic E-state index is 0.0252. The van der Waals surface area contributed by atoms with Gasteiger partial charge in [-0.15, -0.1) is 0 Å². The van der Waals surface area contributed by atoms with Crippen molar-refractivity contribution in [1.82, 2.24) is 5.32 Å². The summed E-state index contributed by atoms with van der Waals surface area (Å²) in [6, 6.07) is 0.0444. The Kier molecular flexibility index (Phi) is 6.35. The van der Waals surface area contributed by atoms with Crippen LogP contribution in [-0.2, 0) is 9.53 Å². The van der Waals surface area contributed by atoms with Crippen molar-refractivity contribution in [3.05, 3.63) is 0 Å². The topological polar surface area (TPSA) is 38.3 Å². The Labute approximate surface area is 106 Å². The van der Waals surface area contributed by atoms with Crippen LogP contribution in [-0.4, -0.2) is 29.6 Å². The maximum atomic E-state index is 12.2. The van der Waals surface area contributed by atoms with Crippen molar-refractivity contribution in [3.63, 3.8) is 0 Å². The average Bonchev–Trinajstić information content (AvgIpc) is 2.09. The van der Waals surface area contributed by atoms with E-state index >= 15 is 0 Å². The first-order valence-electron chi connectivity index (χ1n) is 6.52. The summed E-state index contributed by atoms with van der Waals surface area (Å²) < 4.78 is 5.89. The molecule has 3 nitrogen and oxygen atoms in total. The maximum Gasteiger partial charge on any atom is 0.154 e. The third-order valence-corrected chi connectivity index (χ3v) is 2.40. The summed E-state index contributed by atoms with van der Waals surface area (Å²) in [6.07, 6.45) is -0.118. The molecule has 0 bridgehead atoms. The van der Waals surface area contributed by atoms with E-state index in [0.717, 1.165) is 0 Å². The zero-order valence-electron chi connectivity index (χ0n) is 12.6. The third-order valence-electron chi connectivity index (χ3n) is 2.40. The largest absolute Gasteiger partial charge is 0.371 e. The van der Waals surface area contributed by atoms with Crippen LogP contribution in [0.1, 0.15) is 55.4 Å². The van der Waals surface area contributed by atoms with Crippen molar-refractivity contribution < 1.29 is 9.53 Å². The molecule has 0 aliphatic rings. The average molecular weight is 243 g/mol. The van der Waals surface area contributed by atoms with Crippen LogP contribution in [0.15, 0.2) is 0 Å². The molecule has 0 saturated heterocycles. The highest BCUT2D eigenvalue weighted by Crippen LogP contribution is 2.16. The molecule has 0 aromatic rings. The van der Waals surface area contributed by atoms with Crippen molar-refractivity contribution in [3.8, 4) is 0 Å². The van der Waals surface area contributed by atoms with Gasteiger partial charge in [0.05, 0.1) is 17.7 Å². The lowest BCUT2D eigenvalue weighted by Gasteiger charge is -2.32. The summed E-state index contributed by atoms with van der Waals surface area (Å²) in [5, 5.41) is 3.31. The summed E-state index contributed by atoms with van der Waals surface area (Å²) in [4.78, 5) is 12.2. The molecule has 0 amide bonds. The molecule has 0 spiro atoms. The predicted octanol–water partition coefficient (Wildman–Crippen LogP) is 2.78. The van der Waals surface area contributed by atoms with Crippen LogP contribution in [0.5, 0.6) is 0 Å². The molecular weight excluding hydrogens is 214 g/mol. The van der Waals surface area contributed by atoms with Gasteiger partial charge >= 0.3 is 0 Å². The Morgan fingerprint density at radius 3 is 1.82 bits per heavy atom. The van der Waals surface area contributed by atoms with Gasteiger partial charge in [-0.2, -0.15) is 0 Å². The van der Waals surface area contributed by atoms with Gasteiger partial charge in [0.2, 0.25) is 0 Å². The van der Waals surface area contributed by atoms with Gasteiger partial charge in [0.15, 0.2) is 5.78 Å². The summed E-state index contributed by atoms with van der Waals surface area (Å²) in [6.45, 7) is 15.9. The van der Waals surface area contributed by atoms with Gasteiger partial charge in [-0.3, -0.25) is 4.79 Å². The Morgan fingerprint density at radius 1 is 1.06 bits per heavy atom. The lowest BCUT2D eigenvalue weighted by molar-refractivity contribution is -0.132. The Bertz CT molecular complexity index is 241. The fourth-order valence-corrected chi connectivity index (χ4v) is 1.79. The molecule has 0 aromatic heterocycles. The molecule has 17 heavy (non-hydrogen) atoms.